The number of benzene rings is 1. The molecule has 0 bridgehead atoms. The van der Waals surface area contributed by atoms with Crippen molar-refractivity contribution in [1.82, 2.24) is 5.32 Å². The Hall–Kier alpha value is -2.32. The molecule has 5 rings (SSSR count). The summed E-state index contributed by atoms with van der Waals surface area (Å²) in [6.45, 7) is 18.8. The molecular formula is C42H71N3O4S. The van der Waals surface area contributed by atoms with E-state index in [0.717, 1.165) is 47.4 Å². The molecule has 0 radical (unpaired) electrons. The zero-order chi connectivity index (χ0) is 35.9. The molecule has 4 aliphatic carbocycles. The van der Waals surface area contributed by atoms with Gasteiger partial charge in [-0.15, -0.1) is 16.9 Å². The first-order valence-electron chi connectivity index (χ1n) is 19.1. The lowest BCUT2D eigenvalue weighted by Gasteiger charge is -2.58. The van der Waals surface area contributed by atoms with Crippen LogP contribution in [0.2, 0.25) is 0 Å². The normalized spacial score (nSPS) is 29.6. The maximum absolute atomic E-state index is 8.36. The minimum absolute atomic E-state index is 0. The molecule has 0 aliphatic heterocycles. The highest BCUT2D eigenvalue weighted by Gasteiger charge is 2.58. The van der Waals surface area contributed by atoms with Gasteiger partial charge in [0.05, 0.1) is 0 Å². The minimum Gasteiger partial charge on any atom is -0.492 e. The summed E-state index contributed by atoms with van der Waals surface area (Å²) in [7, 11) is 0. The third kappa shape index (κ3) is 11.1. The Labute approximate surface area is 309 Å². The highest BCUT2D eigenvalue weighted by Crippen LogP contribution is 2.66. The lowest BCUT2D eigenvalue weighted by Crippen LogP contribution is -2.51. The SMILES string of the molecule is C.C=N/N=C(\OCSC)c1ccc(OCCNC2CCC3(C)C(=CCC4C3CCC3(C)C(CCCCC(C)C)CCC43)C2)cc1.CC.O=CO. The number of unbranched alkanes of at least 4 members (excludes halogenated alkanes) is 1. The van der Waals surface area contributed by atoms with Crippen LogP contribution >= 0.6 is 11.8 Å². The van der Waals surface area contributed by atoms with Gasteiger partial charge in [0, 0.05) is 24.9 Å². The average Bonchev–Trinajstić information content (AvgIpc) is 3.44. The van der Waals surface area contributed by atoms with Gasteiger partial charge in [-0.25, -0.2) is 0 Å². The number of hydrogen-bond acceptors (Lipinski definition) is 7. The fourth-order valence-electron chi connectivity index (χ4n) is 9.84. The number of ether oxygens (including phenoxy) is 2. The summed E-state index contributed by atoms with van der Waals surface area (Å²) in [6.07, 6.45) is 21.5. The Morgan fingerprint density at radius 1 is 1.10 bits per heavy atom. The van der Waals surface area contributed by atoms with Crippen LogP contribution in [-0.2, 0) is 9.53 Å². The molecular weight excluding hydrogens is 643 g/mol. The molecule has 2 N–H and O–H groups in total. The van der Waals surface area contributed by atoms with E-state index in [0.29, 0.717) is 35.3 Å². The zero-order valence-electron chi connectivity index (χ0n) is 31.7. The van der Waals surface area contributed by atoms with Gasteiger partial charge in [0.15, 0.2) is 0 Å². The minimum atomic E-state index is -0.250. The number of rotatable bonds is 14. The number of nitrogens with one attached hydrogen (secondary N) is 1. The van der Waals surface area contributed by atoms with Crippen molar-refractivity contribution in [2.75, 3.05) is 25.3 Å². The van der Waals surface area contributed by atoms with Crippen LogP contribution in [0.1, 0.15) is 132 Å². The molecule has 7 atom stereocenters. The van der Waals surface area contributed by atoms with Crippen molar-refractivity contribution in [3.63, 3.8) is 0 Å². The topological polar surface area (TPSA) is 92.5 Å². The fraction of sp³-hybridized carbons (Fsp3) is 0.738. The van der Waals surface area contributed by atoms with Crippen LogP contribution in [-0.4, -0.2) is 55.6 Å². The van der Waals surface area contributed by atoms with E-state index in [1.807, 2.05) is 44.4 Å². The van der Waals surface area contributed by atoms with E-state index in [1.54, 1.807) is 17.3 Å². The van der Waals surface area contributed by atoms with Crippen LogP contribution in [0.25, 0.3) is 0 Å². The standard InChI is InChI=1S/C38H59N3O2S.C2H6.CH2O2.CH4/c1-27(2)9-7-8-10-29-14-18-34-33-17-13-30-25-31(19-21-38(30,4)35(33)20-22-37(29,34)3)40-23-24-42-32-15-11-28(12-16-32)36(41-39-5)43-26-44-6;1-2;2-1-3;/h11-13,15-16,27,29,31,33-35,40H,5,7-10,14,17-26H2,1-4,6H3;1-2H3;1H,(H,2,3);1H4/b41-36-;;;. The third-order valence-corrected chi connectivity index (χ3v) is 12.6. The van der Waals surface area contributed by atoms with Crippen LogP contribution < -0.4 is 10.1 Å². The van der Waals surface area contributed by atoms with Gasteiger partial charge in [0.2, 0.25) is 5.90 Å². The Bertz CT molecular complexity index is 1200. The molecule has 8 heteroatoms. The zero-order valence-corrected chi connectivity index (χ0v) is 32.5. The first-order valence-corrected chi connectivity index (χ1v) is 20.5. The molecule has 284 valence electrons. The first kappa shape index (κ1) is 43.8. The van der Waals surface area contributed by atoms with Crippen molar-refractivity contribution < 1.29 is 19.4 Å². The summed E-state index contributed by atoms with van der Waals surface area (Å²) in [6, 6.07) is 8.43. The van der Waals surface area contributed by atoms with Gasteiger partial charge in [-0.05, 0) is 129 Å². The third-order valence-electron chi connectivity index (χ3n) is 12.3. The second-order valence-corrected chi connectivity index (χ2v) is 16.0. The van der Waals surface area contributed by atoms with Gasteiger partial charge in [0.1, 0.15) is 18.3 Å². The number of fused-ring (bicyclic) bond motifs is 5. The highest BCUT2D eigenvalue weighted by molar-refractivity contribution is 7.98. The Kier molecular flexibility index (Phi) is 19.2. The number of carbonyl (C=O) groups is 1. The Balaban J connectivity index is 0.00000137. The smallest absolute Gasteiger partial charge is 0.290 e. The van der Waals surface area contributed by atoms with Crippen molar-refractivity contribution in [3.05, 3.63) is 41.5 Å². The van der Waals surface area contributed by atoms with Crippen LogP contribution in [0.15, 0.2) is 46.1 Å². The molecule has 3 fully saturated rings. The summed E-state index contributed by atoms with van der Waals surface area (Å²) >= 11 is 1.60. The van der Waals surface area contributed by atoms with Crippen LogP contribution in [0.3, 0.4) is 0 Å². The van der Waals surface area contributed by atoms with Crippen molar-refractivity contribution in [3.8, 4) is 5.75 Å². The summed E-state index contributed by atoms with van der Waals surface area (Å²) in [5.41, 5.74) is 3.65. The van der Waals surface area contributed by atoms with E-state index in [9.17, 15) is 0 Å². The maximum Gasteiger partial charge on any atom is 0.290 e. The van der Waals surface area contributed by atoms with Crippen LogP contribution in [0, 0.1) is 40.4 Å². The molecule has 0 saturated heterocycles. The molecule has 0 aromatic heterocycles. The Morgan fingerprint density at radius 2 is 1.82 bits per heavy atom. The van der Waals surface area contributed by atoms with Gasteiger partial charge in [-0.2, -0.15) is 5.10 Å². The molecule has 1 aromatic carbocycles. The van der Waals surface area contributed by atoms with E-state index in [4.69, 9.17) is 19.4 Å². The lowest BCUT2D eigenvalue weighted by atomic mass is 9.47. The number of thioether (sulfide) groups is 1. The van der Waals surface area contributed by atoms with E-state index in [1.165, 1.54) is 77.0 Å². The second kappa shape index (κ2) is 21.9. The van der Waals surface area contributed by atoms with Crippen molar-refractivity contribution in [2.24, 2.45) is 50.6 Å². The molecule has 7 unspecified atom stereocenters. The van der Waals surface area contributed by atoms with Gasteiger partial charge in [0.25, 0.3) is 6.47 Å². The predicted octanol–water partition coefficient (Wildman–Crippen LogP) is 10.9. The molecule has 3 saturated carbocycles. The Morgan fingerprint density at radius 3 is 2.48 bits per heavy atom. The van der Waals surface area contributed by atoms with Crippen molar-refractivity contribution in [1.29, 1.82) is 0 Å². The summed E-state index contributed by atoms with van der Waals surface area (Å²) in [4.78, 5) is 8.36. The molecule has 0 heterocycles. The fourth-order valence-corrected chi connectivity index (χ4v) is 10.1. The van der Waals surface area contributed by atoms with Crippen LogP contribution in [0.5, 0.6) is 5.75 Å². The summed E-state index contributed by atoms with van der Waals surface area (Å²) < 4.78 is 11.7. The average molecular weight is 714 g/mol. The largest absolute Gasteiger partial charge is 0.492 e. The molecule has 50 heavy (non-hydrogen) atoms. The number of nitrogens with zero attached hydrogens (tertiary/aromatic N) is 2. The lowest BCUT2D eigenvalue weighted by molar-refractivity contribution is -0.122. The quantitative estimate of drug-likeness (QED) is 0.0379. The van der Waals surface area contributed by atoms with E-state index in [-0.39, 0.29) is 13.9 Å². The molecule has 7 nitrogen and oxygen atoms in total. The number of allylic oxidation sites excluding steroid dienone is 1. The predicted molar refractivity (Wildman–Crippen MR) is 215 cm³/mol. The summed E-state index contributed by atoms with van der Waals surface area (Å²) in [5.74, 6) is 6.45. The molecule has 0 amide bonds. The van der Waals surface area contributed by atoms with E-state index in [2.05, 4.69) is 56.0 Å². The number of hydrogen-bond donors (Lipinski definition) is 2. The number of carboxylic acid groups (broad SMARTS) is 1. The van der Waals surface area contributed by atoms with Gasteiger partial charge in [-0.3, -0.25) is 4.79 Å². The van der Waals surface area contributed by atoms with Gasteiger partial charge in [-0.1, -0.05) is 79.9 Å². The summed E-state index contributed by atoms with van der Waals surface area (Å²) in [5, 5.41) is 18.4. The molecule has 1 aromatic rings. The van der Waals surface area contributed by atoms with Crippen LogP contribution in [0.4, 0.5) is 0 Å². The van der Waals surface area contributed by atoms with Gasteiger partial charge >= 0.3 is 0 Å². The maximum atomic E-state index is 8.36. The molecule has 4 aliphatic rings. The van der Waals surface area contributed by atoms with Crippen molar-refractivity contribution >= 4 is 30.8 Å². The van der Waals surface area contributed by atoms with Gasteiger partial charge < -0.3 is 19.9 Å². The highest BCUT2D eigenvalue weighted by atomic mass is 32.2. The first-order chi connectivity index (χ1) is 23.7. The van der Waals surface area contributed by atoms with Crippen molar-refractivity contribution in [2.45, 2.75) is 132 Å². The second-order valence-electron chi connectivity index (χ2n) is 15.2. The van der Waals surface area contributed by atoms with E-state index < -0.39 is 0 Å². The van der Waals surface area contributed by atoms with E-state index >= 15 is 0 Å². The monoisotopic (exact) mass is 714 g/mol. The molecule has 0 spiro atoms.